The maximum Gasteiger partial charge on any atom is 0.494 e. The Hall–Kier alpha value is -0.545. The molecule has 98 valence electrons. The van der Waals surface area contributed by atoms with Gasteiger partial charge in [-0.2, -0.15) is 0 Å². The molecule has 1 fully saturated rings. The molecule has 2 N–H and O–H groups in total. The van der Waals surface area contributed by atoms with E-state index in [2.05, 4.69) is 0 Å². The second-order valence-electron chi connectivity index (χ2n) is 5.64. The topological polar surface area (TPSA) is 44.5 Å². The number of hydrogen-bond acceptors (Lipinski definition) is 3. The van der Waals surface area contributed by atoms with E-state index in [0.717, 1.165) is 11.0 Å². The highest BCUT2D eigenvalue weighted by Crippen LogP contribution is 2.36. The van der Waals surface area contributed by atoms with Gasteiger partial charge in [0.1, 0.15) is 0 Å². The van der Waals surface area contributed by atoms with Crippen molar-refractivity contribution in [1.82, 2.24) is 0 Å². The van der Waals surface area contributed by atoms with Crippen molar-refractivity contribution in [1.29, 1.82) is 0 Å². The van der Waals surface area contributed by atoms with E-state index < -0.39 is 0 Å². The van der Waals surface area contributed by atoms with E-state index >= 15 is 0 Å². The Bertz CT molecular complexity index is 446. The molecule has 1 aromatic carbocycles. The Morgan fingerprint density at radius 1 is 1.17 bits per heavy atom. The number of hydrogen-bond donors (Lipinski definition) is 1. The first-order valence-corrected chi connectivity index (χ1v) is 6.49. The van der Waals surface area contributed by atoms with Crippen LogP contribution in [0.1, 0.15) is 33.3 Å². The first-order chi connectivity index (χ1) is 8.27. The normalized spacial score (nSPS) is 21.3. The molecular formula is C13H19BClNO2. The molecule has 0 amide bonds. The summed E-state index contributed by atoms with van der Waals surface area (Å²) in [5.41, 5.74) is 6.86. The quantitative estimate of drug-likeness (QED) is 0.835. The Kier molecular flexibility index (Phi) is 3.49. The maximum atomic E-state index is 6.05. The second kappa shape index (κ2) is 4.53. The summed E-state index contributed by atoms with van der Waals surface area (Å²) in [4.78, 5) is 0. The lowest BCUT2D eigenvalue weighted by Crippen LogP contribution is -2.41. The summed E-state index contributed by atoms with van der Waals surface area (Å²) in [7, 11) is -0.363. The van der Waals surface area contributed by atoms with Crippen LogP contribution in [0.2, 0.25) is 5.02 Å². The summed E-state index contributed by atoms with van der Waals surface area (Å²) >= 11 is 6.05. The lowest BCUT2D eigenvalue weighted by molar-refractivity contribution is 0.00578. The lowest BCUT2D eigenvalue weighted by atomic mass is 9.78. The van der Waals surface area contributed by atoms with Crippen LogP contribution in [0.5, 0.6) is 0 Å². The molecule has 0 spiro atoms. The van der Waals surface area contributed by atoms with Gasteiger partial charge in [-0.05, 0) is 44.8 Å². The van der Waals surface area contributed by atoms with Crippen LogP contribution >= 0.6 is 11.6 Å². The minimum Gasteiger partial charge on any atom is -0.399 e. The van der Waals surface area contributed by atoms with Crippen LogP contribution < -0.4 is 11.2 Å². The highest BCUT2D eigenvalue weighted by Gasteiger charge is 2.51. The summed E-state index contributed by atoms with van der Waals surface area (Å²) < 4.78 is 12.0. The van der Waals surface area contributed by atoms with Crippen LogP contribution in [-0.2, 0) is 15.9 Å². The third kappa shape index (κ3) is 2.30. The van der Waals surface area contributed by atoms with Crippen molar-refractivity contribution in [2.24, 2.45) is 5.73 Å². The molecule has 0 bridgehead atoms. The van der Waals surface area contributed by atoms with Crippen molar-refractivity contribution < 1.29 is 9.31 Å². The van der Waals surface area contributed by atoms with Crippen molar-refractivity contribution in [3.8, 4) is 0 Å². The number of benzene rings is 1. The number of rotatable bonds is 2. The van der Waals surface area contributed by atoms with E-state index in [-0.39, 0.29) is 18.3 Å². The molecule has 0 saturated carbocycles. The molecule has 2 rings (SSSR count). The molecule has 0 aromatic heterocycles. The molecule has 0 aliphatic carbocycles. The molecule has 3 nitrogen and oxygen atoms in total. The number of halogens is 1. The van der Waals surface area contributed by atoms with Crippen molar-refractivity contribution in [2.75, 3.05) is 0 Å². The van der Waals surface area contributed by atoms with Crippen LogP contribution in [-0.4, -0.2) is 18.3 Å². The largest absolute Gasteiger partial charge is 0.494 e. The van der Waals surface area contributed by atoms with Crippen LogP contribution in [0, 0.1) is 0 Å². The van der Waals surface area contributed by atoms with Gasteiger partial charge in [0.25, 0.3) is 0 Å². The van der Waals surface area contributed by atoms with Crippen LogP contribution in [0.15, 0.2) is 18.2 Å². The van der Waals surface area contributed by atoms with Gasteiger partial charge in [0, 0.05) is 11.6 Å². The van der Waals surface area contributed by atoms with Crippen LogP contribution in [0.25, 0.3) is 0 Å². The zero-order valence-corrected chi connectivity index (χ0v) is 12.0. The van der Waals surface area contributed by atoms with Gasteiger partial charge < -0.3 is 15.0 Å². The Morgan fingerprint density at radius 3 is 2.22 bits per heavy atom. The van der Waals surface area contributed by atoms with Crippen molar-refractivity contribution in [3.05, 3.63) is 28.8 Å². The first kappa shape index (κ1) is 13.9. The van der Waals surface area contributed by atoms with Crippen molar-refractivity contribution in [2.45, 2.75) is 45.4 Å². The zero-order chi connectivity index (χ0) is 13.6. The lowest BCUT2D eigenvalue weighted by Gasteiger charge is -2.32. The zero-order valence-electron chi connectivity index (χ0n) is 11.3. The maximum absolute atomic E-state index is 6.05. The minimum atomic E-state index is -0.363. The smallest absolute Gasteiger partial charge is 0.399 e. The summed E-state index contributed by atoms with van der Waals surface area (Å²) in [6, 6.07) is 5.71. The highest BCUT2D eigenvalue weighted by atomic mass is 35.5. The fourth-order valence-electron chi connectivity index (χ4n) is 1.88. The van der Waals surface area contributed by atoms with Gasteiger partial charge in [0.2, 0.25) is 0 Å². The second-order valence-corrected chi connectivity index (χ2v) is 6.05. The third-order valence-electron chi connectivity index (χ3n) is 3.82. The Balaban J connectivity index is 2.30. The molecule has 1 heterocycles. The van der Waals surface area contributed by atoms with E-state index in [9.17, 15) is 0 Å². The van der Waals surface area contributed by atoms with Crippen LogP contribution in [0.3, 0.4) is 0 Å². The van der Waals surface area contributed by atoms with Gasteiger partial charge in [-0.3, -0.25) is 0 Å². The fraction of sp³-hybridized carbons (Fsp3) is 0.538. The summed E-state index contributed by atoms with van der Waals surface area (Å²) in [6.45, 7) is 8.55. The van der Waals surface area contributed by atoms with Gasteiger partial charge >= 0.3 is 7.12 Å². The average Bonchev–Trinajstić information content (AvgIpc) is 2.49. The van der Waals surface area contributed by atoms with Crippen LogP contribution in [0.4, 0.5) is 0 Å². The molecule has 1 saturated heterocycles. The monoisotopic (exact) mass is 267 g/mol. The molecular weight excluding hydrogens is 248 g/mol. The predicted octanol–water partition coefficient (Wildman–Crippen LogP) is 2.10. The van der Waals surface area contributed by atoms with Gasteiger partial charge in [-0.25, -0.2) is 0 Å². The summed E-state index contributed by atoms with van der Waals surface area (Å²) in [5, 5.41) is 0.678. The fourth-order valence-corrected chi connectivity index (χ4v) is 2.07. The van der Waals surface area contributed by atoms with Crippen molar-refractivity contribution >= 4 is 24.2 Å². The minimum absolute atomic E-state index is 0.333. The molecule has 0 atom stereocenters. The van der Waals surface area contributed by atoms with E-state index in [4.69, 9.17) is 26.6 Å². The molecule has 1 aliphatic heterocycles. The SMILES string of the molecule is CC1(C)OB(c2ccc(Cl)c(CN)c2)OC1(C)C. The van der Waals surface area contributed by atoms with E-state index in [0.29, 0.717) is 11.6 Å². The molecule has 5 heteroatoms. The van der Waals surface area contributed by atoms with E-state index in [1.807, 2.05) is 45.9 Å². The van der Waals surface area contributed by atoms with Gasteiger partial charge in [0.15, 0.2) is 0 Å². The van der Waals surface area contributed by atoms with Gasteiger partial charge in [-0.1, -0.05) is 23.7 Å². The van der Waals surface area contributed by atoms with E-state index in [1.54, 1.807) is 0 Å². The average molecular weight is 268 g/mol. The summed E-state index contributed by atoms with van der Waals surface area (Å²) in [6.07, 6.45) is 0. The Labute approximate surface area is 114 Å². The third-order valence-corrected chi connectivity index (χ3v) is 4.18. The van der Waals surface area contributed by atoms with Crippen molar-refractivity contribution in [3.63, 3.8) is 0 Å². The van der Waals surface area contributed by atoms with E-state index in [1.165, 1.54) is 0 Å². The van der Waals surface area contributed by atoms with Gasteiger partial charge in [-0.15, -0.1) is 0 Å². The first-order valence-electron chi connectivity index (χ1n) is 6.11. The molecule has 0 unspecified atom stereocenters. The summed E-state index contributed by atoms with van der Waals surface area (Å²) in [5.74, 6) is 0. The Morgan fingerprint density at radius 2 is 1.72 bits per heavy atom. The standard InChI is InChI=1S/C13H19BClNO2/c1-12(2)13(3,4)18-14(17-12)10-5-6-11(15)9(7-10)8-16/h5-7H,8,16H2,1-4H3. The molecule has 1 aliphatic rings. The number of nitrogens with two attached hydrogens (primary N) is 1. The van der Waals surface area contributed by atoms with Gasteiger partial charge in [0.05, 0.1) is 11.2 Å². The predicted molar refractivity (Wildman–Crippen MR) is 75.1 cm³/mol. The molecule has 0 radical (unpaired) electrons. The molecule has 1 aromatic rings. The highest BCUT2D eigenvalue weighted by molar-refractivity contribution is 6.62. The molecule has 18 heavy (non-hydrogen) atoms.